The van der Waals surface area contributed by atoms with Crippen LogP contribution in [0.1, 0.15) is 11.6 Å². The number of ether oxygens (including phenoxy) is 1. The predicted octanol–water partition coefficient (Wildman–Crippen LogP) is 2.66. The molecule has 1 aliphatic rings. The van der Waals surface area contributed by atoms with Gasteiger partial charge in [0.2, 0.25) is 0 Å². The van der Waals surface area contributed by atoms with E-state index in [9.17, 15) is 18.0 Å². The lowest BCUT2D eigenvalue weighted by Gasteiger charge is -2.31. The highest BCUT2D eigenvalue weighted by Crippen LogP contribution is 2.34. The normalized spacial score (nSPS) is 22.1. The third-order valence-electron chi connectivity index (χ3n) is 2.26. The zero-order valence-electron chi connectivity index (χ0n) is 8.45. The Morgan fingerprint density at radius 1 is 1.41 bits per heavy atom. The summed E-state index contributed by atoms with van der Waals surface area (Å²) in [5.41, 5.74) is 0.0154. The molecule has 1 aliphatic heterocycles. The van der Waals surface area contributed by atoms with Crippen molar-refractivity contribution in [2.24, 2.45) is 0 Å². The molecule has 0 radical (unpaired) electrons. The lowest BCUT2D eigenvalue weighted by atomic mass is 10.0. The molecule has 1 aromatic rings. The van der Waals surface area contributed by atoms with E-state index < -0.39 is 30.5 Å². The monoisotopic (exact) mass is 267 g/mol. The molecule has 0 spiro atoms. The topological polar surface area (TPSA) is 38.3 Å². The minimum absolute atomic E-state index is 0. The maximum absolute atomic E-state index is 13.4. The fourth-order valence-electron chi connectivity index (χ4n) is 1.52. The number of carbonyl (C=O) groups is 1. The van der Waals surface area contributed by atoms with Crippen molar-refractivity contribution in [1.82, 2.24) is 5.32 Å². The number of alkyl halides is 2. The van der Waals surface area contributed by atoms with Crippen molar-refractivity contribution in [1.29, 1.82) is 0 Å². The summed E-state index contributed by atoms with van der Waals surface area (Å²) in [5.74, 6) is -3.88. The van der Waals surface area contributed by atoms with Gasteiger partial charge in [0.25, 0.3) is 0 Å². The minimum Gasteiger partial charge on any atom is -0.443 e. The van der Waals surface area contributed by atoms with Crippen molar-refractivity contribution in [2.75, 3.05) is 6.61 Å². The molecule has 0 aromatic heterocycles. The third kappa shape index (κ3) is 2.82. The van der Waals surface area contributed by atoms with Gasteiger partial charge in [-0.15, -0.1) is 12.4 Å². The van der Waals surface area contributed by atoms with E-state index in [2.05, 4.69) is 4.74 Å². The SMILES string of the molecule is Cl.O=C1N[C@@H](c2cccc(F)c2)C(F)(F)CO1. The summed E-state index contributed by atoms with van der Waals surface area (Å²) in [7, 11) is 0. The van der Waals surface area contributed by atoms with Gasteiger partial charge in [-0.3, -0.25) is 0 Å². The number of alkyl carbamates (subject to hydrolysis) is 1. The summed E-state index contributed by atoms with van der Waals surface area (Å²) < 4.78 is 43.9. The van der Waals surface area contributed by atoms with Gasteiger partial charge in [-0.2, -0.15) is 0 Å². The van der Waals surface area contributed by atoms with Gasteiger partial charge in [0.15, 0.2) is 6.61 Å². The van der Waals surface area contributed by atoms with Crippen LogP contribution in [-0.4, -0.2) is 18.6 Å². The Hall–Kier alpha value is -1.43. The molecule has 94 valence electrons. The van der Waals surface area contributed by atoms with Crippen molar-refractivity contribution in [3.8, 4) is 0 Å². The van der Waals surface area contributed by atoms with Gasteiger partial charge in [-0.25, -0.2) is 18.0 Å². The number of halogens is 4. The highest BCUT2D eigenvalue weighted by Gasteiger charge is 2.46. The van der Waals surface area contributed by atoms with Crippen LogP contribution in [0.4, 0.5) is 18.0 Å². The maximum atomic E-state index is 13.4. The first-order valence-electron chi connectivity index (χ1n) is 4.55. The lowest BCUT2D eigenvalue weighted by molar-refractivity contribution is -0.104. The van der Waals surface area contributed by atoms with Crippen molar-refractivity contribution in [2.45, 2.75) is 12.0 Å². The molecule has 1 amide bonds. The van der Waals surface area contributed by atoms with E-state index in [1.807, 2.05) is 5.32 Å². The first-order valence-corrected chi connectivity index (χ1v) is 4.55. The second kappa shape index (κ2) is 4.83. The van der Waals surface area contributed by atoms with Crippen LogP contribution < -0.4 is 5.32 Å². The molecule has 0 unspecified atom stereocenters. The standard InChI is InChI=1S/C10H8F3NO2.ClH/c11-7-3-1-2-6(4-7)8-10(12,13)5-16-9(15)14-8;/h1-4,8H,5H2,(H,14,15);1H/t8-;/m0./s1. The van der Waals surface area contributed by atoms with E-state index in [4.69, 9.17) is 0 Å². The van der Waals surface area contributed by atoms with E-state index >= 15 is 0 Å². The van der Waals surface area contributed by atoms with Gasteiger partial charge in [-0.05, 0) is 17.7 Å². The zero-order chi connectivity index (χ0) is 11.8. The molecule has 1 N–H and O–H groups in total. The van der Waals surface area contributed by atoms with Crippen LogP contribution in [0.3, 0.4) is 0 Å². The largest absolute Gasteiger partial charge is 0.443 e. The second-order valence-corrected chi connectivity index (χ2v) is 3.47. The van der Waals surface area contributed by atoms with E-state index in [0.29, 0.717) is 0 Å². The Balaban J connectivity index is 0.00000144. The van der Waals surface area contributed by atoms with Crippen LogP contribution in [0.25, 0.3) is 0 Å². The zero-order valence-corrected chi connectivity index (χ0v) is 9.27. The summed E-state index contributed by atoms with van der Waals surface area (Å²) in [6, 6.07) is 3.19. The highest BCUT2D eigenvalue weighted by molar-refractivity contribution is 5.85. The van der Waals surface area contributed by atoms with Gasteiger partial charge in [0, 0.05) is 0 Å². The van der Waals surface area contributed by atoms with E-state index in [1.165, 1.54) is 12.1 Å². The molecule has 17 heavy (non-hydrogen) atoms. The number of rotatable bonds is 1. The van der Waals surface area contributed by atoms with Crippen LogP contribution >= 0.6 is 12.4 Å². The van der Waals surface area contributed by atoms with Gasteiger partial charge in [-0.1, -0.05) is 12.1 Å². The summed E-state index contributed by atoms with van der Waals surface area (Å²) in [4.78, 5) is 10.9. The minimum atomic E-state index is -3.25. The fourth-order valence-corrected chi connectivity index (χ4v) is 1.52. The average Bonchev–Trinajstić information content (AvgIpc) is 2.22. The van der Waals surface area contributed by atoms with Crippen LogP contribution in [-0.2, 0) is 4.74 Å². The van der Waals surface area contributed by atoms with Crippen LogP contribution in [0, 0.1) is 5.82 Å². The second-order valence-electron chi connectivity index (χ2n) is 3.47. The van der Waals surface area contributed by atoms with E-state index in [0.717, 1.165) is 12.1 Å². The highest BCUT2D eigenvalue weighted by atomic mass is 35.5. The quantitative estimate of drug-likeness (QED) is 0.849. The molecule has 1 saturated heterocycles. The Labute approximate surface area is 101 Å². The van der Waals surface area contributed by atoms with Crippen molar-refractivity contribution < 1.29 is 22.7 Å². The smallest absolute Gasteiger partial charge is 0.408 e. The number of benzene rings is 1. The Kier molecular flexibility index (Phi) is 3.87. The molecule has 2 rings (SSSR count). The van der Waals surface area contributed by atoms with Crippen molar-refractivity contribution >= 4 is 18.5 Å². The molecule has 7 heteroatoms. The molecule has 0 saturated carbocycles. The fraction of sp³-hybridized carbons (Fsp3) is 0.300. The van der Waals surface area contributed by atoms with Crippen LogP contribution in [0.15, 0.2) is 24.3 Å². The summed E-state index contributed by atoms with van der Waals surface area (Å²) in [6.45, 7) is -1.000. The number of hydrogen-bond acceptors (Lipinski definition) is 2. The Morgan fingerprint density at radius 3 is 2.76 bits per heavy atom. The number of hydrogen-bond donors (Lipinski definition) is 1. The number of cyclic esters (lactones) is 1. The third-order valence-corrected chi connectivity index (χ3v) is 2.26. The molecule has 1 fully saturated rings. The molecule has 1 atom stereocenters. The number of nitrogens with one attached hydrogen (secondary N) is 1. The number of carbonyl (C=O) groups excluding carboxylic acids is 1. The molecule has 1 aromatic carbocycles. The lowest BCUT2D eigenvalue weighted by Crippen LogP contribution is -2.49. The summed E-state index contributed by atoms with van der Waals surface area (Å²) in [6.07, 6.45) is -0.930. The van der Waals surface area contributed by atoms with Crippen molar-refractivity contribution in [3.63, 3.8) is 0 Å². The molecule has 1 heterocycles. The van der Waals surface area contributed by atoms with Crippen molar-refractivity contribution in [3.05, 3.63) is 35.6 Å². The first-order chi connectivity index (χ1) is 7.49. The van der Waals surface area contributed by atoms with Crippen LogP contribution in [0.5, 0.6) is 0 Å². The van der Waals surface area contributed by atoms with Gasteiger partial charge in [0.05, 0.1) is 0 Å². The Bertz CT molecular complexity index is 428. The van der Waals surface area contributed by atoms with E-state index in [1.54, 1.807) is 0 Å². The first kappa shape index (κ1) is 13.6. The Morgan fingerprint density at radius 2 is 2.12 bits per heavy atom. The van der Waals surface area contributed by atoms with E-state index in [-0.39, 0.29) is 18.0 Å². The molecular weight excluding hydrogens is 259 g/mol. The van der Waals surface area contributed by atoms with Gasteiger partial charge in [0.1, 0.15) is 11.9 Å². The van der Waals surface area contributed by atoms with Gasteiger partial charge < -0.3 is 10.1 Å². The van der Waals surface area contributed by atoms with Crippen LogP contribution in [0.2, 0.25) is 0 Å². The summed E-state index contributed by atoms with van der Waals surface area (Å²) >= 11 is 0. The molecule has 0 aliphatic carbocycles. The maximum Gasteiger partial charge on any atom is 0.408 e. The molecule has 0 bridgehead atoms. The average molecular weight is 268 g/mol. The molecular formula is C10H9ClF3NO2. The molecule has 3 nitrogen and oxygen atoms in total. The van der Waals surface area contributed by atoms with Gasteiger partial charge >= 0.3 is 12.0 Å². The summed E-state index contributed by atoms with van der Waals surface area (Å²) in [5, 5.41) is 1.97. The number of amides is 1. The predicted molar refractivity (Wildman–Crippen MR) is 55.8 cm³/mol.